The average Bonchev–Trinajstić information content (AvgIpc) is 3.12. The first-order valence-corrected chi connectivity index (χ1v) is 11.0. The van der Waals surface area contributed by atoms with Crippen LogP contribution in [0.2, 0.25) is 0 Å². The Morgan fingerprint density at radius 2 is 1.79 bits per heavy atom. The van der Waals surface area contributed by atoms with E-state index in [0.29, 0.717) is 35.1 Å². The fourth-order valence-electron chi connectivity index (χ4n) is 3.43. The van der Waals surface area contributed by atoms with Crippen molar-refractivity contribution in [1.29, 1.82) is 0 Å². The van der Waals surface area contributed by atoms with Gasteiger partial charge >= 0.3 is 0 Å². The molecule has 6 heteroatoms. The molecule has 0 saturated heterocycles. The van der Waals surface area contributed by atoms with E-state index in [0.717, 1.165) is 11.1 Å². The summed E-state index contributed by atoms with van der Waals surface area (Å²) in [4.78, 5) is 31.2. The van der Waals surface area contributed by atoms with Crippen LogP contribution >= 0.6 is 0 Å². The maximum absolute atomic E-state index is 13.0. The van der Waals surface area contributed by atoms with E-state index in [4.69, 9.17) is 4.74 Å². The number of methoxy groups -OCH3 is 1. The Hall–Kier alpha value is -4.19. The molecule has 0 aromatic heterocycles. The Bertz CT molecular complexity index is 1170. The van der Waals surface area contributed by atoms with Gasteiger partial charge in [-0.2, -0.15) is 0 Å². The monoisotopic (exact) mass is 455 g/mol. The maximum Gasteiger partial charge on any atom is 0.282 e. The zero-order chi connectivity index (χ0) is 24.5. The van der Waals surface area contributed by atoms with E-state index in [9.17, 15) is 9.59 Å². The van der Waals surface area contributed by atoms with Gasteiger partial charge in [-0.25, -0.2) is 4.99 Å². The third-order valence-corrected chi connectivity index (χ3v) is 5.22. The average molecular weight is 456 g/mol. The molecule has 0 aliphatic carbocycles. The number of amidine groups is 1. The normalized spacial score (nSPS) is 15.1. The second-order valence-corrected chi connectivity index (χ2v) is 7.74. The van der Waals surface area contributed by atoms with Gasteiger partial charge in [0.15, 0.2) is 0 Å². The molecule has 174 valence electrons. The summed E-state index contributed by atoms with van der Waals surface area (Å²) in [5.74, 6) is 0.996. The van der Waals surface area contributed by atoms with Gasteiger partial charge in [-0.05, 0) is 60.9 Å². The van der Waals surface area contributed by atoms with Crippen LogP contribution in [0.4, 0.5) is 5.69 Å². The first-order valence-electron chi connectivity index (χ1n) is 11.0. The van der Waals surface area contributed by atoms with E-state index in [2.05, 4.69) is 16.9 Å². The van der Waals surface area contributed by atoms with Gasteiger partial charge in [-0.15, -0.1) is 0 Å². The minimum atomic E-state index is -0.224. The summed E-state index contributed by atoms with van der Waals surface area (Å²) < 4.78 is 5.19. The summed E-state index contributed by atoms with van der Waals surface area (Å²) in [6.07, 6.45) is 7.29. The highest BCUT2D eigenvalue weighted by Crippen LogP contribution is 2.25. The number of amides is 2. The number of anilines is 1. The molecule has 0 radical (unpaired) electrons. The second kappa shape index (κ2) is 11.6. The number of hydrogen-bond acceptors (Lipinski definition) is 4. The van der Waals surface area contributed by atoms with Crippen molar-refractivity contribution in [3.05, 3.63) is 114 Å². The van der Waals surface area contributed by atoms with Crippen LogP contribution in [0.15, 0.2) is 108 Å². The zero-order valence-electron chi connectivity index (χ0n) is 19.7. The fourth-order valence-corrected chi connectivity index (χ4v) is 3.43. The third kappa shape index (κ3) is 6.42. The number of carbonyl (C=O) groups is 2. The Kier molecular flexibility index (Phi) is 8.35. The van der Waals surface area contributed by atoms with Crippen LogP contribution in [0.1, 0.15) is 25.0 Å². The van der Waals surface area contributed by atoms with E-state index < -0.39 is 0 Å². The van der Waals surface area contributed by atoms with Crippen molar-refractivity contribution in [1.82, 2.24) is 5.32 Å². The van der Waals surface area contributed by atoms with Crippen molar-refractivity contribution in [2.45, 2.75) is 26.8 Å². The van der Waals surface area contributed by atoms with Crippen LogP contribution in [-0.2, 0) is 27.3 Å². The highest BCUT2D eigenvalue weighted by atomic mass is 16.5. The van der Waals surface area contributed by atoms with Crippen molar-refractivity contribution in [3.8, 4) is 0 Å². The summed E-state index contributed by atoms with van der Waals surface area (Å²) >= 11 is 0. The number of rotatable bonds is 9. The molecular formula is C28H29N3O3. The molecule has 0 atom stereocenters. The number of hydrogen-bond donors (Lipinski definition) is 1. The number of aliphatic imine (C=N–C) groups is 1. The molecule has 3 rings (SSSR count). The van der Waals surface area contributed by atoms with Gasteiger partial charge in [0.1, 0.15) is 17.3 Å². The quantitative estimate of drug-likeness (QED) is 0.334. The molecule has 0 unspecified atom stereocenters. The molecule has 2 aromatic rings. The van der Waals surface area contributed by atoms with Gasteiger partial charge in [-0.3, -0.25) is 14.5 Å². The second-order valence-electron chi connectivity index (χ2n) is 7.74. The van der Waals surface area contributed by atoms with Crippen molar-refractivity contribution < 1.29 is 14.3 Å². The number of carbonyl (C=O) groups excluding carboxylic acids is 2. The molecule has 2 aromatic carbocycles. The number of benzene rings is 2. The lowest BCUT2D eigenvalue weighted by Gasteiger charge is -2.16. The van der Waals surface area contributed by atoms with Crippen LogP contribution in [0.25, 0.3) is 0 Å². The molecule has 0 spiro atoms. The Morgan fingerprint density at radius 3 is 2.44 bits per heavy atom. The Morgan fingerprint density at radius 1 is 1.09 bits per heavy atom. The molecule has 0 bridgehead atoms. The largest absolute Gasteiger partial charge is 0.497 e. The first kappa shape index (κ1) is 24.5. The van der Waals surface area contributed by atoms with Crippen LogP contribution in [0.3, 0.4) is 0 Å². The van der Waals surface area contributed by atoms with Gasteiger partial charge < -0.3 is 10.1 Å². The molecular weight excluding hydrogens is 426 g/mol. The molecule has 1 N–H and O–H groups in total. The van der Waals surface area contributed by atoms with E-state index in [1.807, 2.05) is 67.6 Å². The number of nitrogens with one attached hydrogen (secondary N) is 1. The van der Waals surface area contributed by atoms with Crippen molar-refractivity contribution >= 4 is 23.3 Å². The van der Waals surface area contributed by atoms with E-state index in [1.54, 1.807) is 37.2 Å². The lowest BCUT2D eigenvalue weighted by Crippen LogP contribution is -2.30. The molecule has 34 heavy (non-hydrogen) atoms. The summed E-state index contributed by atoms with van der Waals surface area (Å²) in [7, 11) is 1.59. The predicted molar refractivity (Wildman–Crippen MR) is 136 cm³/mol. The minimum Gasteiger partial charge on any atom is -0.497 e. The number of nitrogens with zero attached hydrogens (tertiary/aromatic N) is 2. The van der Waals surface area contributed by atoms with E-state index in [1.165, 1.54) is 0 Å². The van der Waals surface area contributed by atoms with Crippen molar-refractivity contribution in [2.75, 3.05) is 12.0 Å². The van der Waals surface area contributed by atoms with Gasteiger partial charge in [0, 0.05) is 6.54 Å². The van der Waals surface area contributed by atoms with Crippen LogP contribution in [0, 0.1) is 0 Å². The lowest BCUT2D eigenvalue weighted by molar-refractivity contribution is -0.120. The fraction of sp³-hybridized carbons (Fsp3) is 0.179. The van der Waals surface area contributed by atoms with Gasteiger partial charge in [-0.1, -0.05) is 55.1 Å². The third-order valence-electron chi connectivity index (χ3n) is 5.22. The summed E-state index contributed by atoms with van der Waals surface area (Å²) in [6.45, 7) is 8.12. The Labute approximate surface area is 200 Å². The van der Waals surface area contributed by atoms with Crippen molar-refractivity contribution in [3.63, 3.8) is 0 Å². The standard InChI is InChI=1S/C28H29N3O3/c1-5-25(34-4)16-11-20(2)17-26-28(33)31(21(3)30-26)24-14-12-22(13-15-24)18-27(32)29-19-23-9-7-6-8-10-23/h5-17H,2,18-19H2,1,3-4H3,(H,29,32)/b16-11-,25-5+,26-17-. The molecule has 0 fully saturated rings. The van der Waals surface area contributed by atoms with Gasteiger partial charge in [0.2, 0.25) is 5.91 Å². The molecule has 1 aliphatic heterocycles. The maximum atomic E-state index is 13.0. The van der Waals surface area contributed by atoms with Crippen LogP contribution in [0.5, 0.6) is 0 Å². The molecule has 0 saturated carbocycles. The zero-order valence-corrected chi connectivity index (χ0v) is 19.7. The SMILES string of the molecule is C=C(/C=C\C(=C/C)OC)/C=C1\N=C(C)N(c2ccc(CC(=O)NCc3ccccc3)cc2)C1=O. The van der Waals surface area contributed by atoms with Crippen LogP contribution < -0.4 is 10.2 Å². The van der Waals surface area contributed by atoms with E-state index in [-0.39, 0.29) is 18.2 Å². The number of ether oxygens (including phenoxy) is 1. The highest BCUT2D eigenvalue weighted by molar-refractivity contribution is 6.27. The minimum absolute atomic E-state index is 0.0575. The summed E-state index contributed by atoms with van der Waals surface area (Å²) in [5.41, 5.74) is 3.56. The molecule has 1 heterocycles. The van der Waals surface area contributed by atoms with Crippen molar-refractivity contribution in [2.24, 2.45) is 4.99 Å². The van der Waals surface area contributed by atoms with Gasteiger partial charge in [0.05, 0.1) is 19.2 Å². The van der Waals surface area contributed by atoms with Gasteiger partial charge in [0.25, 0.3) is 5.91 Å². The molecule has 2 amide bonds. The predicted octanol–water partition coefficient (Wildman–Crippen LogP) is 4.86. The highest BCUT2D eigenvalue weighted by Gasteiger charge is 2.28. The molecule has 1 aliphatic rings. The Balaban J connectivity index is 1.62. The summed E-state index contributed by atoms with van der Waals surface area (Å²) in [5, 5.41) is 2.92. The van der Waals surface area contributed by atoms with E-state index >= 15 is 0 Å². The smallest absolute Gasteiger partial charge is 0.282 e. The number of allylic oxidation sites excluding steroid dienone is 5. The summed E-state index contributed by atoms with van der Waals surface area (Å²) in [6, 6.07) is 17.1. The topological polar surface area (TPSA) is 71.0 Å². The lowest BCUT2D eigenvalue weighted by atomic mass is 10.1. The molecule has 6 nitrogen and oxygen atoms in total. The van der Waals surface area contributed by atoms with Crippen LogP contribution in [-0.4, -0.2) is 24.8 Å². The first-order chi connectivity index (χ1) is 16.4.